The SMILES string of the molecule is O=C([O-])C1=C2C[NH+](Cc3ccccc3)CC[C@H]2Nc2ccccc21. The van der Waals surface area contributed by atoms with Crippen LogP contribution in [0.15, 0.2) is 60.2 Å². The van der Waals surface area contributed by atoms with Crippen LogP contribution in [0, 0.1) is 0 Å². The minimum Gasteiger partial charge on any atom is -0.545 e. The van der Waals surface area contributed by atoms with Crippen molar-refractivity contribution in [2.75, 3.05) is 18.4 Å². The number of anilines is 1. The zero-order valence-electron chi connectivity index (χ0n) is 13.4. The molecule has 1 fully saturated rings. The summed E-state index contributed by atoms with van der Waals surface area (Å²) in [4.78, 5) is 13.2. The molecule has 24 heavy (non-hydrogen) atoms. The summed E-state index contributed by atoms with van der Waals surface area (Å²) in [5.74, 6) is -1.06. The van der Waals surface area contributed by atoms with Gasteiger partial charge in [0.2, 0.25) is 0 Å². The molecule has 2 atom stereocenters. The predicted molar refractivity (Wildman–Crippen MR) is 91.2 cm³/mol. The van der Waals surface area contributed by atoms with Crippen LogP contribution in [0.3, 0.4) is 0 Å². The normalized spacial score (nSPS) is 22.3. The van der Waals surface area contributed by atoms with Crippen LogP contribution in [-0.2, 0) is 11.3 Å². The van der Waals surface area contributed by atoms with Gasteiger partial charge in [-0.25, -0.2) is 0 Å². The molecule has 4 rings (SSSR count). The fourth-order valence-corrected chi connectivity index (χ4v) is 3.89. The second-order valence-corrected chi connectivity index (χ2v) is 6.56. The highest BCUT2D eigenvalue weighted by atomic mass is 16.4. The molecule has 2 heterocycles. The fraction of sp³-hybridized carbons (Fsp3) is 0.250. The van der Waals surface area contributed by atoms with Crippen LogP contribution < -0.4 is 15.3 Å². The molecule has 2 aliphatic heterocycles. The van der Waals surface area contributed by atoms with Crippen molar-refractivity contribution >= 4 is 17.2 Å². The van der Waals surface area contributed by atoms with Gasteiger partial charge in [0.25, 0.3) is 0 Å². The second-order valence-electron chi connectivity index (χ2n) is 6.56. The van der Waals surface area contributed by atoms with Gasteiger partial charge in [-0.3, -0.25) is 0 Å². The minimum atomic E-state index is -1.06. The molecular formula is C20H20N2O2. The lowest BCUT2D eigenvalue weighted by atomic mass is 9.85. The highest BCUT2D eigenvalue weighted by Gasteiger charge is 2.34. The molecule has 1 unspecified atom stereocenters. The van der Waals surface area contributed by atoms with E-state index >= 15 is 0 Å². The van der Waals surface area contributed by atoms with Crippen molar-refractivity contribution in [1.29, 1.82) is 0 Å². The van der Waals surface area contributed by atoms with Gasteiger partial charge in [-0.15, -0.1) is 0 Å². The Morgan fingerprint density at radius 1 is 1.12 bits per heavy atom. The number of para-hydroxylation sites is 1. The molecule has 0 spiro atoms. The summed E-state index contributed by atoms with van der Waals surface area (Å²) in [6.45, 7) is 2.68. The lowest BCUT2D eigenvalue weighted by molar-refractivity contribution is -0.912. The molecular weight excluding hydrogens is 300 g/mol. The summed E-state index contributed by atoms with van der Waals surface area (Å²) in [6.07, 6.45) is 0.933. The number of hydrogen-bond acceptors (Lipinski definition) is 3. The van der Waals surface area contributed by atoms with Crippen LogP contribution in [0.2, 0.25) is 0 Å². The van der Waals surface area contributed by atoms with E-state index in [4.69, 9.17) is 0 Å². The van der Waals surface area contributed by atoms with E-state index in [2.05, 4.69) is 17.4 Å². The van der Waals surface area contributed by atoms with Crippen molar-refractivity contribution in [1.82, 2.24) is 0 Å². The molecule has 0 aliphatic carbocycles. The van der Waals surface area contributed by atoms with E-state index in [1.165, 1.54) is 10.5 Å². The molecule has 0 bridgehead atoms. The van der Waals surface area contributed by atoms with Gasteiger partial charge in [0.05, 0.1) is 18.6 Å². The second kappa shape index (κ2) is 6.13. The number of fused-ring (bicyclic) bond motifs is 2. The number of likely N-dealkylation sites (tertiary alicyclic amines) is 1. The molecule has 122 valence electrons. The maximum Gasteiger partial charge on any atom is 0.103 e. The number of nitrogens with one attached hydrogen (secondary N) is 2. The van der Waals surface area contributed by atoms with Gasteiger partial charge in [0.1, 0.15) is 13.1 Å². The van der Waals surface area contributed by atoms with Crippen LogP contribution in [0.25, 0.3) is 5.57 Å². The average molecular weight is 320 g/mol. The van der Waals surface area contributed by atoms with Crippen molar-refractivity contribution in [3.63, 3.8) is 0 Å². The summed E-state index contributed by atoms with van der Waals surface area (Å²) >= 11 is 0. The Labute approximate surface area is 141 Å². The van der Waals surface area contributed by atoms with Crippen LogP contribution in [0.1, 0.15) is 17.5 Å². The van der Waals surface area contributed by atoms with Crippen molar-refractivity contribution < 1.29 is 14.8 Å². The molecule has 0 saturated carbocycles. The van der Waals surface area contributed by atoms with Crippen LogP contribution in [0.4, 0.5) is 5.69 Å². The summed E-state index contributed by atoms with van der Waals surface area (Å²) in [6, 6.07) is 18.1. The lowest BCUT2D eigenvalue weighted by Gasteiger charge is -2.38. The topological polar surface area (TPSA) is 56.6 Å². The monoisotopic (exact) mass is 320 g/mol. The number of carboxylic acid groups (broad SMARTS) is 1. The molecule has 2 aliphatic rings. The van der Waals surface area contributed by atoms with Gasteiger partial charge in [0, 0.05) is 34.4 Å². The van der Waals surface area contributed by atoms with E-state index in [0.29, 0.717) is 5.57 Å². The highest BCUT2D eigenvalue weighted by Crippen LogP contribution is 2.34. The molecule has 2 aromatic carbocycles. The molecule has 4 heteroatoms. The fourth-order valence-electron chi connectivity index (χ4n) is 3.89. The number of carbonyl (C=O) groups excluding carboxylic acids is 1. The zero-order chi connectivity index (χ0) is 16.5. The quantitative estimate of drug-likeness (QED) is 0.865. The summed E-state index contributed by atoms with van der Waals surface area (Å²) in [7, 11) is 0. The van der Waals surface area contributed by atoms with Crippen molar-refractivity contribution in [2.24, 2.45) is 0 Å². The largest absolute Gasteiger partial charge is 0.545 e. The molecule has 0 aromatic heterocycles. The Morgan fingerprint density at radius 3 is 2.67 bits per heavy atom. The maximum atomic E-state index is 11.8. The first-order valence-corrected chi connectivity index (χ1v) is 8.40. The summed E-state index contributed by atoms with van der Waals surface area (Å²) < 4.78 is 0. The molecule has 2 N–H and O–H groups in total. The predicted octanol–water partition coefficient (Wildman–Crippen LogP) is 0.473. The molecule has 0 radical (unpaired) electrons. The third-order valence-corrected chi connectivity index (χ3v) is 5.00. The van der Waals surface area contributed by atoms with E-state index in [9.17, 15) is 9.90 Å². The average Bonchev–Trinajstić information content (AvgIpc) is 2.60. The number of rotatable bonds is 3. The first kappa shape index (κ1) is 15.0. The maximum absolute atomic E-state index is 11.8. The molecule has 1 saturated heterocycles. The highest BCUT2D eigenvalue weighted by molar-refractivity contribution is 6.18. The Balaban J connectivity index is 1.67. The smallest absolute Gasteiger partial charge is 0.103 e. The molecule has 2 aromatic rings. The number of hydrogen-bond donors (Lipinski definition) is 2. The van der Waals surface area contributed by atoms with Gasteiger partial charge in [-0.05, 0) is 6.07 Å². The number of benzene rings is 2. The van der Waals surface area contributed by atoms with E-state index in [1.807, 2.05) is 42.5 Å². The third-order valence-electron chi connectivity index (χ3n) is 5.00. The van der Waals surface area contributed by atoms with Crippen LogP contribution >= 0.6 is 0 Å². The van der Waals surface area contributed by atoms with E-state index in [-0.39, 0.29) is 6.04 Å². The number of carboxylic acids is 1. The van der Waals surface area contributed by atoms with Gasteiger partial charge < -0.3 is 20.1 Å². The third kappa shape index (κ3) is 2.69. The van der Waals surface area contributed by atoms with Crippen LogP contribution in [-0.4, -0.2) is 25.1 Å². The van der Waals surface area contributed by atoms with E-state index in [0.717, 1.165) is 42.9 Å². The summed E-state index contributed by atoms with van der Waals surface area (Å²) in [5.41, 5.74) is 4.30. The Kier molecular flexibility index (Phi) is 3.82. The summed E-state index contributed by atoms with van der Waals surface area (Å²) in [5, 5.41) is 15.3. The zero-order valence-corrected chi connectivity index (χ0v) is 13.4. The lowest BCUT2D eigenvalue weighted by Crippen LogP contribution is -3.12. The standard InChI is InChI=1S/C20H20N2O2/c23-20(24)19-15-8-4-5-9-17(15)21-18-10-11-22(13-16(18)19)12-14-6-2-1-3-7-14/h1-9,18,21H,10-13H2,(H,23,24)/t18-/m1/s1. The molecule has 0 amide bonds. The van der Waals surface area contributed by atoms with E-state index in [1.54, 1.807) is 0 Å². The van der Waals surface area contributed by atoms with Crippen molar-refractivity contribution in [3.8, 4) is 0 Å². The van der Waals surface area contributed by atoms with Crippen molar-refractivity contribution in [3.05, 3.63) is 71.3 Å². The molecule has 4 nitrogen and oxygen atoms in total. The Bertz CT molecular complexity index is 798. The van der Waals surface area contributed by atoms with Gasteiger partial charge in [-0.2, -0.15) is 0 Å². The number of quaternary nitrogens is 1. The first-order valence-electron chi connectivity index (χ1n) is 8.40. The van der Waals surface area contributed by atoms with Gasteiger partial charge in [0.15, 0.2) is 0 Å². The van der Waals surface area contributed by atoms with Gasteiger partial charge in [-0.1, -0.05) is 48.5 Å². The van der Waals surface area contributed by atoms with E-state index < -0.39 is 5.97 Å². The minimum absolute atomic E-state index is 0.104. The number of piperidine rings is 1. The van der Waals surface area contributed by atoms with Crippen molar-refractivity contribution in [2.45, 2.75) is 19.0 Å². The van der Waals surface area contributed by atoms with Gasteiger partial charge >= 0.3 is 0 Å². The Morgan fingerprint density at radius 2 is 1.88 bits per heavy atom. The first-order chi connectivity index (χ1) is 11.7. The number of aliphatic carboxylic acids is 1. The Hall–Kier alpha value is -2.59. The number of carbonyl (C=O) groups is 1. The van der Waals surface area contributed by atoms with Crippen LogP contribution in [0.5, 0.6) is 0 Å².